The Bertz CT molecular complexity index is 768. The summed E-state index contributed by atoms with van der Waals surface area (Å²) in [5.74, 6) is 0. The molecular weight excluding hydrogens is 341 g/mol. The van der Waals surface area contributed by atoms with Gasteiger partial charge in [0, 0.05) is 0 Å². The monoisotopic (exact) mass is 365 g/mol. The molecule has 0 radical (unpaired) electrons. The molecule has 26 heavy (non-hydrogen) atoms. The van der Waals surface area contributed by atoms with Crippen molar-refractivity contribution in [2.75, 3.05) is 0 Å². The van der Waals surface area contributed by atoms with Crippen LogP contribution in [-0.2, 0) is 4.74 Å². The van der Waals surface area contributed by atoms with Crippen LogP contribution in [0.1, 0.15) is 13.8 Å². The van der Waals surface area contributed by atoms with Gasteiger partial charge >= 0.3 is 155 Å². The van der Waals surface area contributed by atoms with Crippen LogP contribution in [0.4, 0.5) is 4.79 Å². The van der Waals surface area contributed by atoms with E-state index in [1.165, 1.54) is 15.9 Å². The Labute approximate surface area is 155 Å². The third-order valence-corrected chi connectivity index (χ3v) is 10.4. The van der Waals surface area contributed by atoms with Crippen molar-refractivity contribution in [3.8, 4) is 0 Å². The van der Waals surface area contributed by atoms with Gasteiger partial charge in [0.2, 0.25) is 0 Å². The summed E-state index contributed by atoms with van der Waals surface area (Å²) in [6.07, 6.45) is -0.755. The predicted octanol–water partition coefficient (Wildman–Crippen LogP) is 3.54. The van der Waals surface area contributed by atoms with E-state index in [0.29, 0.717) is 0 Å². The molecule has 3 rings (SSSR count). The number of carbonyl (C=O) groups is 1. The Kier molecular flexibility index (Phi) is 5.11. The molecule has 3 aromatic rings. The average Bonchev–Trinajstić information content (AvgIpc) is 2.64. The Morgan fingerprint density at radius 2 is 1.04 bits per heavy atom. The molecule has 0 aliphatic rings. The van der Waals surface area contributed by atoms with Crippen LogP contribution in [0.5, 0.6) is 0 Å². The van der Waals surface area contributed by atoms with Gasteiger partial charge in [0.25, 0.3) is 0 Å². The van der Waals surface area contributed by atoms with Crippen molar-refractivity contribution in [2.45, 2.75) is 19.2 Å². The third kappa shape index (κ3) is 3.11. The molecular formula is C22H24NO2P. The van der Waals surface area contributed by atoms with Gasteiger partial charge in [-0.3, -0.25) is 0 Å². The predicted molar refractivity (Wildman–Crippen MR) is 111 cm³/mol. The van der Waals surface area contributed by atoms with E-state index in [0.717, 1.165) is 0 Å². The maximum absolute atomic E-state index is 11.8. The zero-order valence-electron chi connectivity index (χ0n) is 15.1. The van der Waals surface area contributed by atoms with Crippen LogP contribution in [-0.4, -0.2) is 11.4 Å². The van der Waals surface area contributed by atoms with E-state index in [4.69, 9.17) is 10.5 Å². The summed E-state index contributed by atoms with van der Waals surface area (Å²) in [7, 11) is -2.74. The number of hydrogen-bond acceptors (Lipinski definition) is 2. The Balaban J connectivity index is 2.41. The van der Waals surface area contributed by atoms with E-state index in [-0.39, 0.29) is 0 Å². The maximum atomic E-state index is 11.8. The molecule has 3 aromatic carbocycles. The number of ether oxygens (including phenoxy) is 1. The van der Waals surface area contributed by atoms with Gasteiger partial charge in [-0.2, -0.15) is 0 Å². The standard InChI is InChI=1S/C22H24NO2P/c1-22(2,25-21(23)24)26(18-12-6-3-7-13-18,19-14-8-4-9-15-19)20-16-10-5-11-17-20/h3-17,26H,1-2H3,(H2,23,24). The number of amides is 1. The van der Waals surface area contributed by atoms with Crippen LogP contribution >= 0.6 is 7.26 Å². The Hall–Kier alpha value is -2.64. The first-order valence-electron chi connectivity index (χ1n) is 8.63. The first-order valence-corrected chi connectivity index (χ1v) is 10.6. The van der Waals surface area contributed by atoms with Crippen molar-refractivity contribution >= 4 is 29.3 Å². The summed E-state index contributed by atoms with van der Waals surface area (Å²) < 4.78 is 5.77. The zero-order chi connectivity index (χ0) is 18.6. The molecule has 0 unspecified atom stereocenters. The minimum atomic E-state index is -2.74. The molecule has 3 nitrogen and oxygen atoms in total. The van der Waals surface area contributed by atoms with E-state index in [1.54, 1.807) is 0 Å². The van der Waals surface area contributed by atoms with Crippen molar-refractivity contribution < 1.29 is 9.53 Å². The topological polar surface area (TPSA) is 52.3 Å². The van der Waals surface area contributed by atoms with Gasteiger partial charge in [-0.25, -0.2) is 0 Å². The first kappa shape index (κ1) is 18.2. The summed E-state index contributed by atoms with van der Waals surface area (Å²) in [5, 5.41) is 2.72. The second-order valence-corrected chi connectivity index (χ2v) is 11.2. The quantitative estimate of drug-likeness (QED) is 0.703. The van der Waals surface area contributed by atoms with E-state index >= 15 is 0 Å². The summed E-state index contributed by atoms with van der Waals surface area (Å²) in [6, 6.07) is 30.9. The minimum absolute atomic E-state index is 0.755. The van der Waals surface area contributed by atoms with Crippen LogP contribution in [0, 0.1) is 0 Å². The van der Waals surface area contributed by atoms with Crippen molar-refractivity contribution in [1.29, 1.82) is 0 Å². The molecule has 0 aromatic heterocycles. The number of rotatable bonds is 5. The number of hydrogen-bond donors (Lipinski definition) is 1. The van der Waals surface area contributed by atoms with Gasteiger partial charge in [0.05, 0.1) is 0 Å². The van der Waals surface area contributed by atoms with E-state index in [2.05, 4.69) is 36.4 Å². The molecule has 0 heterocycles. The molecule has 0 saturated heterocycles. The van der Waals surface area contributed by atoms with E-state index in [9.17, 15) is 4.79 Å². The second-order valence-electron chi connectivity index (χ2n) is 6.78. The molecule has 0 atom stereocenters. The third-order valence-electron chi connectivity index (χ3n) is 4.88. The van der Waals surface area contributed by atoms with Gasteiger partial charge in [0.15, 0.2) is 0 Å². The molecule has 0 fully saturated rings. The Morgan fingerprint density at radius 3 is 1.31 bits per heavy atom. The molecule has 1 amide bonds. The second kappa shape index (κ2) is 7.31. The van der Waals surface area contributed by atoms with Crippen LogP contribution in [0.2, 0.25) is 0 Å². The van der Waals surface area contributed by atoms with Gasteiger partial charge in [-0.15, -0.1) is 0 Å². The SMILES string of the molecule is CC(C)(OC(N)=O)[PH](c1ccccc1)(c1ccccc1)c1ccccc1. The molecule has 0 aliphatic carbocycles. The molecule has 0 bridgehead atoms. The summed E-state index contributed by atoms with van der Waals surface area (Å²) in [6.45, 7) is 3.94. The van der Waals surface area contributed by atoms with Crippen molar-refractivity contribution in [3.05, 3.63) is 91.0 Å². The van der Waals surface area contributed by atoms with Crippen molar-refractivity contribution in [3.63, 3.8) is 0 Å². The van der Waals surface area contributed by atoms with Crippen LogP contribution in [0.25, 0.3) is 0 Å². The molecule has 0 spiro atoms. The molecule has 0 saturated carbocycles. The number of primary amides is 1. The summed E-state index contributed by atoms with van der Waals surface area (Å²) in [5.41, 5.74) is 5.47. The fraction of sp³-hybridized carbons (Fsp3) is 0.136. The molecule has 2 N–H and O–H groups in total. The summed E-state index contributed by atoms with van der Waals surface area (Å²) in [4.78, 5) is 11.8. The average molecular weight is 365 g/mol. The summed E-state index contributed by atoms with van der Waals surface area (Å²) >= 11 is 0. The first-order chi connectivity index (χ1) is 12.5. The fourth-order valence-corrected chi connectivity index (χ4v) is 9.35. The Morgan fingerprint density at radius 1 is 0.731 bits per heavy atom. The normalized spacial score (nSPS) is 12.4. The number of benzene rings is 3. The fourth-order valence-electron chi connectivity index (χ4n) is 3.94. The van der Waals surface area contributed by atoms with Crippen LogP contribution < -0.4 is 21.6 Å². The molecule has 0 aliphatic heterocycles. The van der Waals surface area contributed by atoms with Crippen LogP contribution in [0.15, 0.2) is 91.0 Å². The van der Waals surface area contributed by atoms with E-state index in [1.807, 2.05) is 68.4 Å². The number of carbonyl (C=O) groups excluding carboxylic acids is 1. The molecule has 134 valence electrons. The zero-order valence-corrected chi connectivity index (χ0v) is 16.1. The van der Waals surface area contributed by atoms with Gasteiger partial charge in [-0.1, -0.05) is 0 Å². The van der Waals surface area contributed by atoms with Crippen LogP contribution in [0.3, 0.4) is 0 Å². The molecule has 4 heteroatoms. The van der Waals surface area contributed by atoms with Gasteiger partial charge < -0.3 is 0 Å². The van der Waals surface area contributed by atoms with Crippen molar-refractivity contribution in [2.24, 2.45) is 5.73 Å². The van der Waals surface area contributed by atoms with Gasteiger partial charge in [-0.05, 0) is 0 Å². The van der Waals surface area contributed by atoms with Crippen molar-refractivity contribution in [1.82, 2.24) is 0 Å². The van der Waals surface area contributed by atoms with Gasteiger partial charge in [0.1, 0.15) is 0 Å². The number of nitrogens with two attached hydrogens (primary N) is 1. The van der Waals surface area contributed by atoms with E-state index < -0.39 is 18.7 Å².